The van der Waals surface area contributed by atoms with Gasteiger partial charge in [0.25, 0.3) is 0 Å². The molecule has 0 aromatic rings. The van der Waals surface area contributed by atoms with Crippen LogP contribution in [-0.2, 0) is 24.0 Å². The van der Waals surface area contributed by atoms with Crippen LogP contribution < -0.4 is 38.9 Å². The average molecular weight is 473 g/mol. The van der Waals surface area contributed by atoms with Crippen LogP contribution in [0.15, 0.2) is 4.99 Å². The summed E-state index contributed by atoms with van der Waals surface area (Å²) in [5.41, 5.74) is 21.3. The maximum Gasteiger partial charge on any atom is 0.326 e. The fraction of sp³-hybridized carbons (Fsp3) is 0.684. The van der Waals surface area contributed by atoms with Crippen LogP contribution >= 0.6 is 0 Å². The molecule has 0 aliphatic heterocycles. The number of carboxylic acids is 1. The Kier molecular flexibility index (Phi) is 13.1. The summed E-state index contributed by atoms with van der Waals surface area (Å²) in [6.07, 6.45) is -0.112. The second kappa shape index (κ2) is 14.6. The van der Waals surface area contributed by atoms with Crippen molar-refractivity contribution in [3.05, 3.63) is 0 Å². The van der Waals surface area contributed by atoms with Gasteiger partial charge in [0.15, 0.2) is 5.96 Å². The van der Waals surface area contributed by atoms with E-state index in [0.717, 1.165) is 0 Å². The van der Waals surface area contributed by atoms with Crippen molar-refractivity contribution in [3.63, 3.8) is 0 Å². The number of primary amides is 1. The Hall–Kier alpha value is -3.42. The highest BCUT2D eigenvalue weighted by molar-refractivity contribution is 5.94. The summed E-state index contributed by atoms with van der Waals surface area (Å²) in [6, 6.07) is -4.37. The molecule has 0 aliphatic rings. The van der Waals surface area contributed by atoms with Gasteiger partial charge >= 0.3 is 5.97 Å². The molecule has 0 saturated carbocycles. The number of nitrogens with one attached hydrogen (secondary N) is 3. The quantitative estimate of drug-likeness (QED) is 0.0678. The van der Waals surface area contributed by atoms with Crippen LogP contribution in [-0.4, -0.2) is 71.4 Å². The number of aliphatic imine (C=N–C) groups is 1. The zero-order chi connectivity index (χ0) is 25.7. The third-order valence-corrected chi connectivity index (χ3v) is 4.65. The Balaban J connectivity index is 5.29. The van der Waals surface area contributed by atoms with Crippen LogP contribution in [0.2, 0.25) is 0 Å². The van der Waals surface area contributed by atoms with Crippen molar-refractivity contribution in [2.75, 3.05) is 6.54 Å². The van der Waals surface area contributed by atoms with Crippen molar-refractivity contribution in [3.8, 4) is 0 Å². The van der Waals surface area contributed by atoms with Gasteiger partial charge in [-0.1, -0.05) is 13.8 Å². The van der Waals surface area contributed by atoms with Crippen molar-refractivity contribution in [2.45, 2.75) is 70.6 Å². The zero-order valence-corrected chi connectivity index (χ0v) is 19.2. The lowest BCUT2D eigenvalue weighted by molar-refractivity contribution is -0.142. The fourth-order valence-electron chi connectivity index (χ4n) is 2.56. The van der Waals surface area contributed by atoms with Gasteiger partial charge in [-0.05, 0) is 32.1 Å². The molecule has 0 aromatic carbocycles. The molecule has 0 heterocycles. The van der Waals surface area contributed by atoms with Crippen molar-refractivity contribution in [1.82, 2.24) is 16.0 Å². The molecule has 14 heteroatoms. The van der Waals surface area contributed by atoms with Crippen LogP contribution in [0.3, 0.4) is 0 Å². The molecule has 0 saturated heterocycles. The second-order valence-corrected chi connectivity index (χ2v) is 7.91. The van der Waals surface area contributed by atoms with E-state index in [1.807, 2.05) is 0 Å². The molecule has 4 amide bonds. The zero-order valence-electron chi connectivity index (χ0n) is 19.2. The van der Waals surface area contributed by atoms with E-state index < -0.39 is 53.8 Å². The first-order valence-corrected chi connectivity index (χ1v) is 10.5. The van der Waals surface area contributed by atoms with Crippen molar-refractivity contribution in [2.24, 2.45) is 33.8 Å². The van der Waals surface area contributed by atoms with E-state index in [9.17, 15) is 29.1 Å². The number of amides is 4. The van der Waals surface area contributed by atoms with Crippen LogP contribution in [0.5, 0.6) is 0 Å². The van der Waals surface area contributed by atoms with Crippen molar-refractivity contribution >= 4 is 35.6 Å². The highest BCUT2D eigenvalue weighted by atomic mass is 16.4. The Morgan fingerprint density at radius 1 is 0.848 bits per heavy atom. The summed E-state index contributed by atoms with van der Waals surface area (Å²) < 4.78 is 0. The van der Waals surface area contributed by atoms with E-state index >= 15 is 0 Å². The molecular formula is C19H36N8O6. The molecular weight excluding hydrogens is 436 g/mol. The number of carbonyl (C=O) groups is 5. The highest BCUT2D eigenvalue weighted by Gasteiger charge is 2.29. The lowest BCUT2D eigenvalue weighted by Gasteiger charge is -2.24. The first kappa shape index (κ1) is 29.6. The Labute approximate surface area is 192 Å². The molecule has 0 aliphatic carbocycles. The highest BCUT2D eigenvalue weighted by Crippen LogP contribution is 2.04. The topological polar surface area (TPSA) is 258 Å². The number of nitrogens with zero attached hydrogens (tertiary/aromatic N) is 1. The average Bonchev–Trinajstić information content (AvgIpc) is 2.71. The number of carbonyl (C=O) groups excluding carboxylic acids is 4. The Morgan fingerprint density at radius 3 is 1.91 bits per heavy atom. The molecule has 0 bridgehead atoms. The maximum absolute atomic E-state index is 12.7. The number of nitrogens with two attached hydrogens (primary N) is 4. The lowest BCUT2D eigenvalue weighted by atomic mass is 10.0. The van der Waals surface area contributed by atoms with Gasteiger partial charge < -0.3 is 44.0 Å². The van der Waals surface area contributed by atoms with Crippen molar-refractivity contribution < 1.29 is 29.1 Å². The van der Waals surface area contributed by atoms with E-state index in [0.29, 0.717) is 0 Å². The molecule has 12 N–H and O–H groups in total. The maximum atomic E-state index is 12.7. The molecule has 0 fully saturated rings. The third-order valence-electron chi connectivity index (χ3n) is 4.65. The molecule has 0 aromatic heterocycles. The van der Waals surface area contributed by atoms with E-state index in [2.05, 4.69) is 20.9 Å². The summed E-state index contributed by atoms with van der Waals surface area (Å²) in [4.78, 5) is 63.6. The molecule has 14 nitrogen and oxygen atoms in total. The van der Waals surface area contributed by atoms with E-state index in [1.54, 1.807) is 13.8 Å². The smallest absolute Gasteiger partial charge is 0.326 e. The number of guanidine groups is 1. The molecule has 33 heavy (non-hydrogen) atoms. The monoisotopic (exact) mass is 472 g/mol. The first-order chi connectivity index (χ1) is 15.3. The number of rotatable bonds is 15. The van der Waals surface area contributed by atoms with Crippen LogP contribution in [0.1, 0.15) is 46.5 Å². The number of hydrogen-bond donors (Lipinski definition) is 8. The summed E-state index contributed by atoms with van der Waals surface area (Å²) in [5, 5.41) is 16.5. The predicted octanol–water partition coefficient (Wildman–Crippen LogP) is -3.15. The minimum Gasteiger partial charge on any atom is -0.480 e. The van der Waals surface area contributed by atoms with Gasteiger partial charge in [-0.2, -0.15) is 0 Å². The van der Waals surface area contributed by atoms with E-state index in [1.165, 1.54) is 6.92 Å². The lowest BCUT2D eigenvalue weighted by Crippen LogP contribution is -2.56. The van der Waals surface area contributed by atoms with Gasteiger partial charge in [-0.3, -0.25) is 24.2 Å². The minimum atomic E-state index is -1.39. The molecule has 0 spiro atoms. The summed E-state index contributed by atoms with van der Waals surface area (Å²) in [5.74, 6) is -4.37. The van der Waals surface area contributed by atoms with Crippen LogP contribution in [0.4, 0.5) is 0 Å². The fourth-order valence-corrected chi connectivity index (χ4v) is 2.56. The van der Waals surface area contributed by atoms with Gasteiger partial charge in [0.1, 0.15) is 18.1 Å². The van der Waals surface area contributed by atoms with Gasteiger partial charge in [0, 0.05) is 13.0 Å². The summed E-state index contributed by atoms with van der Waals surface area (Å²) in [6.45, 7) is 5.09. The Morgan fingerprint density at radius 2 is 1.42 bits per heavy atom. The molecule has 0 radical (unpaired) electrons. The van der Waals surface area contributed by atoms with E-state index in [-0.39, 0.29) is 44.1 Å². The molecule has 188 valence electrons. The van der Waals surface area contributed by atoms with Gasteiger partial charge in [0.2, 0.25) is 23.6 Å². The number of aliphatic carboxylic acids is 1. The summed E-state index contributed by atoms with van der Waals surface area (Å²) >= 11 is 0. The largest absolute Gasteiger partial charge is 0.480 e. The standard InChI is InChI=1S/C19H36N8O6/c1-9(2)14(21)17(31)25-10(3)15(29)26-11(5-4-8-24-19(22)23)16(30)27-12(18(32)33)6-7-13(20)28/h9-12,14H,4-8,21H2,1-3H3,(H2,20,28)(H,25,31)(H,26,29)(H,27,30)(H,32,33)(H4,22,23,24). The van der Waals surface area contributed by atoms with Gasteiger partial charge in [-0.15, -0.1) is 0 Å². The summed E-state index contributed by atoms with van der Waals surface area (Å²) in [7, 11) is 0. The number of carboxylic acid groups (broad SMARTS) is 1. The van der Waals surface area contributed by atoms with Crippen molar-refractivity contribution in [1.29, 1.82) is 0 Å². The van der Waals surface area contributed by atoms with Gasteiger partial charge in [-0.25, -0.2) is 4.79 Å². The first-order valence-electron chi connectivity index (χ1n) is 10.5. The van der Waals surface area contributed by atoms with E-state index in [4.69, 9.17) is 22.9 Å². The predicted molar refractivity (Wildman–Crippen MR) is 120 cm³/mol. The normalized spacial score (nSPS) is 14.3. The number of hydrogen-bond acceptors (Lipinski definition) is 7. The third kappa shape index (κ3) is 12.3. The van der Waals surface area contributed by atoms with Crippen LogP contribution in [0.25, 0.3) is 0 Å². The molecule has 4 atom stereocenters. The van der Waals surface area contributed by atoms with Crippen LogP contribution in [0, 0.1) is 5.92 Å². The van der Waals surface area contributed by atoms with Gasteiger partial charge in [0.05, 0.1) is 6.04 Å². The minimum absolute atomic E-state index is 0.0721. The molecule has 0 rings (SSSR count). The SMILES string of the molecule is CC(NC(=O)C(N)C(C)C)C(=O)NC(CCCN=C(N)N)C(=O)NC(CCC(N)=O)C(=O)O. The Bertz CT molecular complexity index is 738. The molecule has 4 unspecified atom stereocenters. The second-order valence-electron chi connectivity index (χ2n) is 7.91.